The molecule has 0 unspecified atom stereocenters. The van der Waals surface area contributed by atoms with E-state index < -0.39 is 11.7 Å². The van der Waals surface area contributed by atoms with Crippen LogP contribution in [0.1, 0.15) is 12.0 Å². The first kappa shape index (κ1) is 22.1. The highest BCUT2D eigenvalue weighted by Crippen LogP contribution is 2.31. The summed E-state index contributed by atoms with van der Waals surface area (Å²) < 4.78 is 47.6. The summed E-state index contributed by atoms with van der Waals surface area (Å²) in [6.45, 7) is 3.52. The Morgan fingerprint density at radius 2 is 1.83 bits per heavy atom. The summed E-state index contributed by atoms with van der Waals surface area (Å²) in [4.78, 5) is 15.3. The van der Waals surface area contributed by atoms with Gasteiger partial charge >= 0.3 is 6.18 Å². The fourth-order valence-electron chi connectivity index (χ4n) is 5.10. The lowest BCUT2D eigenvalue weighted by molar-refractivity contribution is -0.137. The Labute approximate surface area is 199 Å². The third kappa shape index (κ3) is 4.15. The Kier molecular flexibility index (Phi) is 5.26. The smallest absolute Gasteiger partial charge is 0.375 e. The third-order valence-corrected chi connectivity index (χ3v) is 6.98. The van der Waals surface area contributed by atoms with Gasteiger partial charge in [0.15, 0.2) is 0 Å². The molecule has 2 fully saturated rings. The van der Waals surface area contributed by atoms with Crippen LogP contribution in [0.25, 0.3) is 27.7 Å². The molecule has 0 N–H and O–H groups in total. The first-order valence-corrected chi connectivity index (χ1v) is 11.6. The number of halogens is 3. The Morgan fingerprint density at radius 3 is 2.51 bits per heavy atom. The minimum absolute atomic E-state index is 0.263. The summed E-state index contributed by atoms with van der Waals surface area (Å²) in [5.74, 6) is 0. The first-order chi connectivity index (χ1) is 16.8. The van der Waals surface area contributed by atoms with Crippen LogP contribution in [0, 0.1) is 0 Å². The number of morpholine rings is 1. The Morgan fingerprint density at radius 1 is 1.00 bits per heavy atom. The van der Waals surface area contributed by atoms with Crippen LogP contribution in [0.3, 0.4) is 0 Å². The van der Waals surface area contributed by atoms with E-state index in [1.54, 1.807) is 18.5 Å². The van der Waals surface area contributed by atoms with Crippen molar-refractivity contribution in [1.82, 2.24) is 19.2 Å². The van der Waals surface area contributed by atoms with Crippen LogP contribution >= 0.6 is 0 Å². The van der Waals surface area contributed by atoms with Gasteiger partial charge in [-0.2, -0.15) is 18.3 Å². The van der Waals surface area contributed by atoms with Crippen LogP contribution in [0.2, 0.25) is 0 Å². The molecule has 9 heteroatoms. The van der Waals surface area contributed by atoms with Crippen molar-refractivity contribution in [1.29, 1.82) is 0 Å². The first-order valence-electron chi connectivity index (χ1n) is 11.6. The molecular formula is C26H23F3N4O2. The van der Waals surface area contributed by atoms with Crippen molar-refractivity contribution < 1.29 is 17.9 Å². The van der Waals surface area contributed by atoms with Gasteiger partial charge in [0.2, 0.25) is 0 Å². The number of hydrogen-bond acceptors (Lipinski definition) is 4. The van der Waals surface area contributed by atoms with Crippen molar-refractivity contribution in [2.24, 2.45) is 0 Å². The van der Waals surface area contributed by atoms with Gasteiger partial charge in [0, 0.05) is 42.5 Å². The fourth-order valence-corrected chi connectivity index (χ4v) is 5.10. The Balaban J connectivity index is 1.21. The summed E-state index contributed by atoms with van der Waals surface area (Å²) in [5, 5.41) is 5.48. The van der Waals surface area contributed by atoms with E-state index in [-0.39, 0.29) is 5.56 Å². The molecule has 2 saturated heterocycles. The number of benzene rings is 2. The van der Waals surface area contributed by atoms with E-state index in [0.29, 0.717) is 29.0 Å². The van der Waals surface area contributed by atoms with Crippen molar-refractivity contribution >= 4 is 10.9 Å². The molecular weight excluding hydrogens is 457 g/mol. The van der Waals surface area contributed by atoms with Gasteiger partial charge in [-0.15, -0.1) is 0 Å². The topological polar surface area (TPSA) is 52.3 Å². The molecule has 0 amide bonds. The molecule has 4 heterocycles. The number of alkyl halides is 3. The number of fused-ring (bicyclic) bond motifs is 3. The lowest BCUT2D eigenvalue weighted by atomic mass is 10.0. The summed E-state index contributed by atoms with van der Waals surface area (Å²) in [6.07, 6.45) is 0.554. The van der Waals surface area contributed by atoms with Crippen molar-refractivity contribution in [2.45, 2.75) is 31.3 Å². The highest BCUT2D eigenvalue weighted by Gasteiger charge is 2.38. The van der Waals surface area contributed by atoms with Crippen molar-refractivity contribution in [3.63, 3.8) is 0 Å². The van der Waals surface area contributed by atoms with Gasteiger partial charge in [-0.3, -0.25) is 18.9 Å². The maximum Gasteiger partial charge on any atom is 0.416 e. The largest absolute Gasteiger partial charge is 0.416 e. The summed E-state index contributed by atoms with van der Waals surface area (Å²) in [5.41, 5.74) is 1.84. The van der Waals surface area contributed by atoms with Crippen molar-refractivity contribution in [3.8, 4) is 16.8 Å². The van der Waals surface area contributed by atoms with Crippen LogP contribution in [0.4, 0.5) is 13.2 Å². The van der Waals surface area contributed by atoms with E-state index in [0.717, 1.165) is 55.7 Å². The number of rotatable bonds is 5. The highest BCUT2D eigenvalue weighted by molar-refractivity contribution is 5.81. The SMILES string of the molecule is O=c1cc(-c2ccc(C(F)(F)F)cc2)ccn1-c1ccc2c(cnn2CCN2C[C@@H]3C[C@H]2CO3)c1. The van der Waals surface area contributed by atoms with Gasteiger partial charge < -0.3 is 4.74 Å². The second kappa shape index (κ2) is 8.35. The standard InChI is InChI=1S/C26H23F3N4O2/c27-26(28,29)20-3-1-17(2-4-20)18-7-8-32(25(34)12-18)21-5-6-24-19(11-21)14-30-33(24)10-9-31-15-23-13-22(31)16-35-23/h1-8,11-12,14,22-23H,9-10,13,15-16H2/t22-,23-/m0/s1. The average molecular weight is 480 g/mol. The molecule has 0 aliphatic carbocycles. The fraction of sp³-hybridized carbons (Fsp3) is 0.308. The van der Waals surface area contributed by atoms with E-state index in [1.165, 1.54) is 22.8 Å². The predicted molar refractivity (Wildman–Crippen MR) is 125 cm³/mol. The molecule has 35 heavy (non-hydrogen) atoms. The molecule has 2 aromatic heterocycles. The molecule has 4 aromatic rings. The second-order valence-corrected chi connectivity index (χ2v) is 9.15. The van der Waals surface area contributed by atoms with Crippen LogP contribution in [0.5, 0.6) is 0 Å². The average Bonchev–Trinajstić information content (AvgIpc) is 3.58. The van der Waals surface area contributed by atoms with Crippen LogP contribution in [0.15, 0.2) is 71.8 Å². The Hall–Kier alpha value is -3.43. The molecule has 2 aromatic carbocycles. The molecule has 6 nitrogen and oxygen atoms in total. The van der Waals surface area contributed by atoms with E-state index >= 15 is 0 Å². The molecule has 180 valence electrons. The van der Waals surface area contributed by atoms with Crippen LogP contribution in [-0.2, 0) is 17.5 Å². The lowest BCUT2D eigenvalue weighted by Crippen LogP contribution is -2.38. The zero-order valence-corrected chi connectivity index (χ0v) is 18.8. The van der Waals surface area contributed by atoms with Crippen LogP contribution in [-0.4, -0.2) is 51.1 Å². The number of nitrogens with zero attached hydrogens (tertiary/aromatic N) is 4. The molecule has 0 radical (unpaired) electrons. The van der Waals surface area contributed by atoms with E-state index in [2.05, 4.69) is 10.00 Å². The van der Waals surface area contributed by atoms with Gasteiger partial charge in [-0.25, -0.2) is 0 Å². The number of aromatic nitrogens is 3. The molecule has 2 aliphatic rings. The minimum atomic E-state index is -4.39. The van der Waals surface area contributed by atoms with Crippen molar-refractivity contribution in [2.75, 3.05) is 19.7 Å². The quantitative estimate of drug-likeness (QED) is 0.426. The Bertz CT molecular complexity index is 1440. The van der Waals surface area contributed by atoms with Gasteiger partial charge in [0.05, 0.1) is 36.5 Å². The molecule has 0 spiro atoms. The van der Waals surface area contributed by atoms with E-state index in [4.69, 9.17) is 4.74 Å². The minimum Gasteiger partial charge on any atom is -0.375 e. The van der Waals surface area contributed by atoms with Crippen LogP contribution < -0.4 is 5.56 Å². The molecule has 2 bridgehead atoms. The number of pyridine rings is 1. The van der Waals surface area contributed by atoms with E-state index in [9.17, 15) is 18.0 Å². The normalized spacial score (nSPS) is 20.2. The monoisotopic (exact) mass is 480 g/mol. The van der Waals surface area contributed by atoms with Gasteiger partial charge in [0.1, 0.15) is 0 Å². The van der Waals surface area contributed by atoms with E-state index in [1.807, 2.05) is 22.9 Å². The number of ether oxygens (including phenoxy) is 1. The van der Waals surface area contributed by atoms with Gasteiger partial charge in [-0.05, 0) is 53.9 Å². The maximum absolute atomic E-state index is 12.8. The van der Waals surface area contributed by atoms with Gasteiger partial charge in [0.25, 0.3) is 5.56 Å². The number of likely N-dealkylation sites (tertiary alicyclic amines) is 1. The zero-order chi connectivity index (χ0) is 24.2. The third-order valence-electron chi connectivity index (χ3n) is 6.98. The molecule has 2 aliphatic heterocycles. The second-order valence-electron chi connectivity index (χ2n) is 9.15. The zero-order valence-electron chi connectivity index (χ0n) is 18.8. The summed E-state index contributed by atoms with van der Waals surface area (Å²) >= 11 is 0. The summed E-state index contributed by atoms with van der Waals surface area (Å²) in [6, 6.07) is 14.2. The van der Waals surface area contributed by atoms with Gasteiger partial charge in [-0.1, -0.05) is 12.1 Å². The molecule has 2 atom stereocenters. The molecule has 6 rings (SSSR count). The molecule has 0 saturated carbocycles. The van der Waals surface area contributed by atoms with Crippen molar-refractivity contribution in [3.05, 3.63) is 82.9 Å². The lowest BCUT2D eigenvalue weighted by Gasteiger charge is -2.26. The predicted octanol–water partition coefficient (Wildman–Crippen LogP) is 4.35. The highest BCUT2D eigenvalue weighted by atomic mass is 19.4. The maximum atomic E-state index is 12.8. The summed E-state index contributed by atoms with van der Waals surface area (Å²) in [7, 11) is 0. The number of hydrogen-bond donors (Lipinski definition) is 0.